The van der Waals surface area contributed by atoms with Crippen molar-refractivity contribution in [2.24, 2.45) is 0 Å². The van der Waals surface area contributed by atoms with Gasteiger partial charge in [0.25, 0.3) is 0 Å². The molecule has 1 aromatic heterocycles. The first-order chi connectivity index (χ1) is 16.7. The summed E-state index contributed by atoms with van der Waals surface area (Å²) in [5.41, 5.74) is 0.470. The lowest BCUT2D eigenvalue weighted by atomic mass is 9.89. The summed E-state index contributed by atoms with van der Waals surface area (Å²) in [5, 5.41) is 39.7. The molecule has 2 aliphatic rings. The maximum absolute atomic E-state index is 12.8. The molecule has 0 spiro atoms. The summed E-state index contributed by atoms with van der Waals surface area (Å²) >= 11 is 0. The summed E-state index contributed by atoms with van der Waals surface area (Å²) in [7, 11) is 0. The number of aromatic nitrogens is 1. The van der Waals surface area contributed by atoms with E-state index in [9.17, 15) is 34.8 Å². The first-order valence-electron chi connectivity index (χ1n) is 10.1. The Morgan fingerprint density at radius 3 is 2.29 bits per heavy atom. The van der Waals surface area contributed by atoms with E-state index in [4.69, 9.17) is 9.25 Å². The molecule has 0 saturated carbocycles. The Morgan fingerprint density at radius 2 is 1.57 bits per heavy atom. The van der Waals surface area contributed by atoms with Crippen molar-refractivity contribution in [3.63, 3.8) is 0 Å². The molecule has 0 bridgehead atoms. The van der Waals surface area contributed by atoms with Gasteiger partial charge in [0.2, 0.25) is 11.8 Å². The quantitative estimate of drug-likeness (QED) is 0.287. The summed E-state index contributed by atoms with van der Waals surface area (Å²) < 4.78 is 6.30. The lowest BCUT2D eigenvalue weighted by Crippen LogP contribution is -2.19. The molecule has 35 heavy (non-hydrogen) atoms. The summed E-state index contributed by atoms with van der Waals surface area (Å²) in [6, 6.07) is 14.2. The van der Waals surface area contributed by atoms with Crippen LogP contribution in [0.4, 0.5) is 0 Å². The van der Waals surface area contributed by atoms with Gasteiger partial charge in [-0.25, -0.2) is 9.59 Å². The Bertz CT molecular complexity index is 1660. The van der Waals surface area contributed by atoms with Gasteiger partial charge in [-0.3, -0.25) is 4.79 Å². The zero-order valence-corrected chi connectivity index (χ0v) is 17.6. The number of carboxylic acids is 1. The Morgan fingerprint density at radius 1 is 0.829 bits per heavy atom. The second-order valence-corrected chi connectivity index (χ2v) is 7.60. The van der Waals surface area contributed by atoms with Gasteiger partial charge < -0.3 is 29.7 Å². The van der Waals surface area contributed by atoms with Crippen LogP contribution in [0.15, 0.2) is 75.9 Å². The van der Waals surface area contributed by atoms with E-state index < -0.39 is 23.7 Å². The number of fused-ring (bicyclic) bond motifs is 2. The van der Waals surface area contributed by atoms with Crippen LogP contribution in [0.1, 0.15) is 20.7 Å². The van der Waals surface area contributed by atoms with Crippen molar-refractivity contribution in [1.82, 2.24) is 4.73 Å². The maximum Gasteiger partial charge on any atom is 0.363 e. The molecular weight excluding hydrogens is 458 g/mol. The highest BCUT2D eigenvalue weighted by Crippen LogP contribution is 2.42. The molecule has 0 fully saturated rings. The molecule has 174 valence electrons. The van der Waals surface area contributed by atoms with Gasteiger partial charge in [0.05, 0.1) is 11.1 Å². The van der Waals surface area contributed by atoms with Crippen molar-refractivity contribution in [2.75, 3.05) is 0 Å². The first-order valence-corrected chi connectivity index (χ1v) is 10.1. The van der Waals surface area contributed by atoms with Crippen molar-refractivity contribution in [1.29, 1.82) is 0 Å². The van der Waals surface area contributed by atoms with Crippen LogP contribution in [0.3, 0.4) is 0 Å². The average molecular weight is 473 g/mol. The van der Waals surface area contributed by atoms with Crippen LogP contribution < -0.4 is 10.3 Å². The summed E-state index contributed by atoms with van der Waals surface area (Å²) in [4.78, 5) is 41.9. The molecule has 0 unspecified atom stereocenters. The highest BCUT2D eigenvalue weighted by atomic mass is 16.7. The van der Waals surface area contributed by atoms with Crippen LogP contribution in [0.5, 0.6) is 17.5 Å². The van der Waals surface area contributed by atoms with Gasteiger partial charge >= 0.3 is 11.9 Å². The third kappa shape index (κ3) is 3.68. The number of carboxylic acid groups (broad SMARTS) is 1. The third-order valence-electron chi connectivity index (χ3n) is 5.40. The number of hydrogen-bond acceptors (Lipinski definition) is 8. The fourth-order valence-corrected chi connectivity index (χ4v) is 3.84. The van der Waals surface area contributed by atoms with Crippen molar-refractivity contribution in [3.8, 4) is 40.0 Å². The lowest BCUT2D eigenvalue weighted by Gasteiger charge is -2.17. The smallest absolute Gasteiger partial charge is 0.363 e. The van der Waals surface area contributed by atoms with Gasteiger partial charge in [0, 0.05) is 40.8 Å². The van der Waals surface area contributed by atoms with E-state index in [0.717, 1.165) is 12.1 Å². The Labute approximate surface area is 195 Å². The lowest BCUT2D eigenvalue weighted by molar-refractivity contribution is 0.0381. The predicted octanol–water partition coefficient (Wildman–Crippen LogP) is 3.45. The average Bonchev–Trinajstić information content (AvgIpc) is 3.13. The van der Waals surface area contributed by atoms with E-state index in [1.807, 2.05) is 0 Å². The van der Waals surface area contributed by atoms with Gasteiger partial charge in [-0.1, -0.05) is 0 Å². The highest BCUT2D eigenvalue weighted by molar-refractivity contribution is 6.08. The van der Waals surface area contributed by atoms with Gasteiger partial charge in [0.1, 0.15) is 17.1 Å². The number of rotatable bonds is 4. The van der Waals surface area contributed by atoms with Crippen LogP contribution in [-0.2, 0) is 0 Å². The number of carbonyl (C=O) groups is 2. The molecule has 10 nitrogen and oxygen atoms in total. The minimum atomic E-state index is -1.28. The fraction of sp³-hybridized carbons (Fsp3) is 0. The molecule has 0 amide bonds. The number of aromatic carboxylic acids is 1. The van der Waals surface area contributed by atoms with Crippen molar-refractivity contribution >= 4 is 22.9 Å². The van der Waals surface area contributed by atoms with Crippen molar-refractivity contribution in [2.45, 2.75) is 0 Å². The summed E-state index contributed by atoms with van der Waals surface area (Å²) in [5.74, 6) is -3.26. The normalized spacial score (nSPS) is 11.1. The third-order valence-corrected chi connectivity index (χ3v) is 5.40. The van der Waals surface area contributed by atoms with E-state index in [-0.39, 0.29) is 39.2 Å². The highest BCUT2D eigenvalue weighted by Gasteiger charge is 2.24. The summed E-state index contributed by atoms with van der Waals surface area (Å²) in [6.07, 6.45) is 0. The number of phenols is 1. The van der Waals surface area contributed by atoms with Crippen molar-refractivity contribution < 1.29 is 39.3 Å². The standard InChI is InChI=1S/C25H15NO9/c27-13-2-5-16-19(10-13)34-20-11-14(28)3-6-17(20)23(16)18-9-12(1-4-15(18)24(31)32)25(33)35-26-21(29)7-8-22(26)30/h1-11,27,29-30H,(H,31,32). The predicted molar refractivity (Wildman–Crippen MR) is 122 cm³/mol. The zero-order valence-electron chi connectivity index (χ0n) is 17.6. The monoisotopic (exact) mass is 473 g/mol. The molecule has 1 aliphatic carbocycles. The Kier molecular flexibility index (Phi) is 4.91. The van der Waals surface area contributed by atoms with Gasteiger partial charge in [-0.05, 0) is 48.0 Å². The van der Waals surface area contributed by atoms with E-state index in [2.05, 4.69) is 0 Å². The molecule has 0 atom stereocenters. The molecule has 0 saturated heterocycles. The van der Waals surface area contributed by atoms with E-state index in [1.165, 1.54) is 54.6 Å². The number of hydrogen-bond donors (Lipinski definition) is 4. The molecule has 3 aromatic rings. The van der Waals surface area contributed by atoms with Crippen molar-refractivity contribution in [3.05, 3.63) is 88.1 Å². The molecule has 2 aromatic carbocycles. The van der Waals surface area contributed by atoms with E-state index in [0.29, 0.717) is 21.2 Å². The Balaban J connectivity index is 1.77. The second-order valence-electron chi connectivity index (χ2n) is 7.60. The molecule has 5 rings (SSSR count). The number of phenolic OH excluding ortho intramolecular Hbond substituents is 1. The molecular formula is C25H15NO9. The SMILES string of the molecule is O=C(On1c(O)ccc1O)c1ccc(C(=O)O)c(-c2c3ccc(=O)cc-3oc3cc(O)ccc23)c1. The molecule has 1 aliphatic heterocycles. The van der Waals surface area contributed by atoms with Crippen LogP contribution >= 0.6 is 0 Å². The van der Waals surface area contributed by atoms with Crippen LogP contribution in [-0.4, -0.2) is 37.1 Å². The minimum Gasteiger partial charge on any atom is -0.508 e. The van der Waals surface area contributed by atoms with Crippen LogP contribution in [0.25, 0.3) is 33.4 Å². The topological polar surface area (TPSA) is 159 Å². The molecule has 2 heterocycles. The van der Waals surface area contributed by atoms with Gasteiger partial charge in [0.15, 0.2) is 5.43 Å². The number of aromatic hydroxyl groups is 3. The Hall–Kier alpha value is -5.25. The second kappa shape index (κ2) is 7.96. The fourth-order valence-electron chi connectivity index (χ4n) is 3.84. The summed E-state index contributed by atoms with van der Waals surface area (Å²) in [6.45, 7) is 0. The number of carbonyl (C=O) groups excluding carboxylic acids is 1. The van der Waals surface area contributed by atoms with E-state index in [1.54, 1.807) is 0 Å². The number of nitrogens with zero attached hydrogens (tertiary/aromatic N) is 1. The van der Waals surface area contributed by atoms with Crippen LogP contribution in [0, 0.1) is 0 Å². The molecule has 4 N–H and O–H groups in total. The minimum absolute atomic E-state index is 0.0844. The van der Waals surface area contributed by atoms with Crippen LogP contribution in [0.2, 0.25) is 0 Å². The zero-order chi connectivity index (χ0) is 24.9. The van der Waals surface area contributed by atoms with Gasteiger partial charge in [-0.15, -0.1) is 4.73 Å². The van der Waals surface area contributed by atoms with E-state index >= 15 is 0 Å². The largest absolute Gasteiger partial charge is 0.508 e. The number of benzene rings is 3. The molecule has 0 radical (unpaired) electrons. The van der Waals surface area contributed by atoms with Gasteiger partial charge in [-0.2, -0.15) is 0 Å². The molecule has 10 heteroatoms. The first kappa shape index (κ1) is 21.6. The maximum atomic E-state index is 12.8.